The van der Waals surface area contributed by atoms with Crippen molar-refractivity contribution in [2.45, 2.75) is 26.2 Å². The van der Waals surface area contributed by atoms with E-state index in [1.165, 1.54) is 10.7 Å². The molecule has 0 saturated heterocycles. The highest BCUT2D eigenvalue weighted by atomic mass is 16.4. The lowest BCUT2D eigenvalue weighted by Crippen LogP contribution is -2.24. The third-order valence-electron chi connectivity index (χ3n) is 5.09. The van der Waals surface area contributed by atoms with Gasteiger partial charge in [0.2, 0.25) is 5.95 Å². The van der Waals surface area contributed by atoms with E-state index in [0.29, 0.717) is 28.6 Å². The zero-order valence-electron chi connectivity index (χ0n) is 16.1. The first kappa shape index (κ1) is 18.0. The molecule has 0 radical (unpaired) electrons. The van der Waals surface area contributed by atoms with Gasteiger partial charge in [-0.05, 0) is 38.3 Å². The molecule has 9 nitrogen and oxygen atoms in total. The third kappa shape index (κ3) is 3.00. The SMILES string of the molecule is Cc1cc(NC(=O)c2cc3ccccc3oc2=O)n(-c2nc3c(c(=O)[nH]2)CCC3)n1. The second-order valence-corrected chi connectivity index (χ2v) is 7.19. The quantitative estimate of drug-likeness (QED) is 0.505. The van der Waals surface area contributed by atoms with Crippen LogP contribution in [0.15, 0.2) is 50.4 Å². The van der Waals surface area contributed by atoms with Crippen molar-refractivity contribution in [1.82, 2.24) is 19.7 Å². The number of nitrogens with one attached hydrogen (secondary N) is 2. The number of H-pyrrole nitrogens is 1. The second kappa shape index (κ2) is 6.80. The molecule has 2 N–H and O–H groups in total. The zero-order valence-corrected chi connectivity index (χ0v) is 16.1. The van der Waals surface area contributed by atoms with Crippen molar-refractivity contribution in [2.75, 3.05) is 5.32 Å². The summed E-state index contributed by atoms with van der Waals surface area (Å²) in [6, 6.07) is 10.1. The summed E-state index contributed by atoms with van der Waals surface area (Å²) in [5, 5.41) is 7.65. The Morgan fingerprint density at radius 2 is 2.03 bits per heavy atom. The second-order valence-electron chi connectivity index (χ2n) is 7.19. The molecule has 9 heteroatoms. The Balaban J connectivity index is 1.53. The van der Waals surface area contributed by atoms with Crippen molar-refractivity contribution in [1.29, 1.82) is 0 Å². The molecule has 4 aromatic rings. The average Bonchev–Trinajstić information content (AvgIpc) is 3.34. The lowest BCUT2D eigenvalue weighted by molar-refractivity contribution is 0.102. The van der Waals surface area contributed by atoms with Crippen LogP contribution in [0.3, 0.4) is 0 Å². The smallest absolute Gasteiger partial charge is 0.349 e. The minimum absolute atomic E-state index is 0.130. The molecule has 0 atom stereocenters. The Morgan fingerprint density at radius 1 is 1.20 bits per heavy atom. The first-order valence-corrected chi connectivity index (χ1v) is 9.53. The van der Waals surface area contributed by atoms with E-state index in [2.05, 4.69) is 20.4 Å². The molecule has 3 heterocycles. The van der Waals surface area contributed by atoms with Crippen molar-refractivity contribution >= 4 is 22.7 Å². The highest BCUT2D eigenvalue weighted by molar-refractivity contribution is 6.05. The number of amides is 1. The molecule has 0 spiro atoms. The monoisotopic (exact) mass is 403 g/mol. The van der Waals surface area contributed by atoms with Gasteiger partial charge in [-0.25, -0.2) is 9.78 Å². The molecule has 0 saturated carbocycles. The van der Waals surface area contributed by atoms with Crippen molar-refractivity contribution in [2.24, 2.45) is 0 Å². The van der Waals surface area contributed by atoms with Crippen LogP contribution in [0.1, 0.15) is 33.7 Å². The Morgan fingerprint density at radius 3 is 2.90 bits per heavy atom. The van der Waals surface area contributed by atoms with Gasteiger partial charge in [-0.1, -0.05) is 18.2 Å². The third-order valence-corrected chi connectivity index (χ3v) is 5.09. The van der Waals surface area contributed by atoms with Crippen LogP contribution >= 0.6 is 0 Å². The van der Waals surface area contributed by atoms with Crippen LogP contribution < -0.4 is 16.5 Å². The van der Waals surface area contributed by atoms with Crippen LogP contribution in [0.5, 0.6) is 0 Å². The summed E-state index contributed by atoms with van der Waals surface area (Å²) in [6.45, 7) is 1.75. The molecule has 0 unspecified atom stereocenters. The number of carbonyl (C=O) groups is 1. The van der Waals surface area contributed by atoms with Gasteiger partial charge in [0.05, 0.1) is 11.4 Å². The standard InChI is InChI=1S/C21H17N5O4/c1-11-9-17(26(25-11)21-22-15-7-4-6-13(15)18(27)24-21)23-19(28)14-10-12-5-2-3-8-16(12)30-20(14)29/h2-3,5,8-10H,4,6-7H2,1H3,(H,23,28)(H,22,24,27). The zero-order chi connectivity index (χ0) is 20.8. The number of aryl methyl sites for hydroxylation is 2. The Hall–Kier alpha value is -4.01. The van der Waals surface area contributed by atoms with E-state index in [1.807, 2.05) is 0 Å². The summed E-state index contributed by atoms with van der Waals surface area (Å²) in [4.78, 5) is 44.7. The number of hydrogen-bond donors (Lipinski definition) is 2. The Labute approximate surface area is 169 Å². The van der Waals surface area contributed by atoms with Crippen LogP contribution in [-0.4, -0.2) is 25.7 Å². The Kier molecular flexibility index (Phi) is 4.09. The van der Waals surface area contributed by atoms with Gasteiger partial charge in [0.1, 0.15) is 17.0 Å². The van der Waals surface area contributed by atoms with Gasteiger partial charge >= 0.3 is 5.63 Å². The molecule has 1 aliphatic rings. The van der Waals surface area contributed by atoms with E-state index < -0.39 is 11.5 Å². The fourth-order valence-electron chi connectivity index (χ4n) is 3.68. The number of fused-ring (bicyclic) bond motifs is 2. The molecule has 0 fully saturated rings. The Bertz CT molecular complexity index is 1430. The van der Waals surface area contributed by atoms with Gasteiger partial charge in [-0.2, -0.15) is 9.78 Å². The molecular formula is C21H17N5O4. The largest absolute Gasteiger partial charge is 0.422 e. The molecule has 0 aliphatic heterocycles. The maximum absolute atomic E-state index is 12.8. The lowest BCUT2D eigenvalue weighted by atomic mass is 10.2. The highest BCUT2D eigenvalue weighted by Crippen LogP contribution is 2.20. The molecule has 3 aromatic heterocycles. The molecular weight excluding hydrogens is 386 g/mol. The van der Waals surface area contributed by atoms with Gasteiger partial charge in [0.25, 0.3) is 11.5 Å². The molecule has 1 aliphatic carbocycles. The first-order chi connectivity index (χ1) is 14.5. The summed E-state index contributed by atoms with van der Waals surface area (Å²) in [7, 11) is 0. The van der Waals surface area contributed by atoms with Gasteiger partial charge in [-0.15, -0.1) is 0 Å². The fraction of sp³-hybridized carbons (Fsp3) is 0.190. The summed E-state index contributed by atoms with van der Waals surface area (Å²) in [5.74, 6) is -0.139. The minimum atomic E-state index is -0.738. The molecule has 1 amide bonds. The number of rotatable bonds is 3. The number of aromatic nitrogens is 4. The number of carbonyl (C=O) groups excluding carboxylic acids is 1. The van der Waals surface area contributed by atoms with E-state index >= 15 is 0 Å². The summed E-state index contributed by atoms with van der Waals surface area (Å²) in [6.07, 6.45) is 2.32. The minimum Gasteiger partial charge on any atom is -0.422 e. The van der Waals surface area contributed by atoms with Crippen molar-refractivity contribution < 1.29 is 9.21 Å². The summed E-state index contributed by atoms with van der Waals surface area (Å²) < 4.78 is 6.60. The van der Waals surface area contributed by atoms with E-state index in [9.17, 15) is 14.4 Å². The van der Waals surface area contributed by atoms with Gasteiger partial charge in [0.15, 0.2) is 0 Å². The number of anilines is 1. The number of benzene rings is 1. The first-order valence-electron chi connectivity index (χ1n) is 9.53. The van der Waals surface area contributed by atoms with Crippen LogP contribution in [0, 0.1) is 6.92 Å². The van der Waals surface area contributed by atoms with Gasteiger partial charge in [-0.3, -0.25) is 14.6 Å². The lowest BCUT2D eigenvalue weighted by Gasteiger charge is -2.09. The van der Waals surface area contributed by atoms with E-state index in [0.717, 1.165) is 18.5 Å². The molecule has 1 aromatic carbocycles. The van der Waals surface area contributed by atoms with Crippen molar-refractivity contribution in [3.05, 3.63) is 79.7 Å². The number of para-hydroxylation sites is 1. The summed E-state index contributed by atoms with van der Waals surface area (Å²) in [5.41, 5.74) is 1.39. The van der Waals surface area contributed by atoms with Gasteiger partial charge in [0, 0.05) is 17.0 Å². The van der Waals surface area contributed by atoms with Gasteiger partial charge < -0.3 is 9.73 Å². The topological polar surface area (TPSA) is 123 Å². The average molecular weight is 403 g/mol. The predicted octanol–water partition coefficient (Wildman–Crippen LogP) is 2.11. The van der Waals surface area contributed by atoms with E-state index in [-0.39, 0.29) is 22.9 Å². The van der Waals surface area contributed by atoms with Crippen LogP contribution in [0.2, 0.25) is 0 Å². The molecule has 30 heavy (non-hydrogen) atoms. The van der Waals surface area contributed by atoms with Crippen LogP contribution in [-0.2, 0) is 12.8 Å². The van der Waals surface area contributed by atoms with Crippen LogP contribution in [0.4, 0.5) is 5.82 Å². The van der Waals surface area contributed by atoms with E-state index in [1.54, 1.807) is 37.3 Å². The van der Waals surface area contributed by atoms with E-state index in [4.69, 9.17) is 4.42 Å². The fourth-order valence-corrected chi connectivity index (χ4v) is 3.68. The molecule has 5 rings (SSSR count). The number of hydrogen-bond acceptors (Lipinski definition) is 6. The summed E-state index contributed by atoms with van der Waals surface area (Å²) >= 11 is 0. The van der Waals surface area contributed by atoms with Crippen molar-refractivity contribution in [3.8, 4) is 5.95 Å². The maximum atomic E-state index is 12.8. The molecule has 150 valence electrons. The van der Waals surface area contributed by atoms with Crippen molar-refractivity contribution in [3.63, 3.8) is 0 Å². The highest BCUT2D eigenvalue weighted by Gasteiger charge is 2.21. The number of aromatic amines is 1. The predicted molar refractivity (Wildman–Crippen MR) is 109 cm³/mol. The molecule has 0 bridgehead atoms. The normalized spacial score (nSPS) is 12.8. The maximum Gasteiger partial charge on any atom is 0.349 e. The number of nitrogens with zero attached hydrogens (tertiary/aromatic N) is 3. The van der Waals surface area contributed by atoms with Crippen LogP contribution in [0.25, 0.3) is 16.9 Å².